The molecule has 0 aromatic heterocycles. The first-order valence-electron chi connectivity index (χ1n) is 7.43. The van der Waals surface area contributed by atoms with E-state index in [2.05, 4.69) is 13.0 Å². The highest BCUT2D eigenvalue weighted by atomic mass is 16.6. The molecule has 1 aliphatic carbocycles. The number of hydrogen-bond acceptors (Lipinski definition) is 4. The van der Waals surface area contributed by atoms with Crippen LogP contribution in [0.1, 0.15) is 50.4 Å². The van der Waals surface area contributed by atoms with Crippen LogP contribution in [0.25, 0.3) is 0 Å². The molecule has 2 rings (SSSR count). The second-order valence-corrected chi connectivity index (χ2v) is 6.32. The van der Waals surface area contributed by atoms with Gasteiger partial charge in [-0.3, -0.25) is 10.1 Å². The average Bonchev–Trinajstić information content (AvgIpc) is 2.47. The number of carbonyl (C=O) groups is 1. The minimum atomic E-state index is -0.559. The zero-order valence-corrected chi connectivity index (χ0v) is 13.2. The molecule has 0 radical (unpaired) electrons. The fourth-order valence-corrected chi connectivity index (χ4v) is 2.70. The van der Waals surface area contributed by atoms with Crippen molar-refractivity contribution < 1.29 is 14.5 Å². The van der Waals surface area contributed by atoms with E-state index in [1.807, 2.05) is 13.8 Å². The average molecular weight is 303 g/mol. The van der Waals surface area contributed by atoms with Gasteiger partial charge in [0.1, 0.15) is 5.60 Å². The van der Waals surface area contributed by atoms with Gasteiger partial charge in [-0.15, -0.1) is 0 Å². The number of hydrogen-bond donors (Lipinski definition) is 0. The van der Waals surface area contributed by atoms with Gasteiger partial charge in [-0.25, -0.2) is 4.79 Å². The van der Waals surface area contributed by atoms with E-state index in [9.17, 15) is 14.9 Å². The molecule has 0 saturated carbocycles. The molecule has 5 nitrogen and oxygen atoms in total. The Balaban J connectivity index is 2.05. The summed E-state index contributed by atoms with van der Waals surface area (Å²) < 4.78 is 5.66. The molecule has 118 valence electrons. The van der Waals surface area contributed by atoms with Crippen molar-refractivity contribution in [3.05, 3.63) is 51.6 Å². The van der Waals surface area contributed by atoms with Gasteiger partial charge in [-0.2, -0.15) is 0 Å². The summed E-state index contributed by atoms with van der Waals surface area (Å²) in [6, 6.07) is 5.50. The third-order valence-corrected chi connectivity index (χ3v) is 4.29. The minimum Gasteiger partial charge on any atom is -0.456 e. The standard InChI is InChI=1S/C17H21NO4/c1-12-4-8-14(9-5-12)17(2,3)22-16(19)13-6-10-15(11-7-13)18(20)21/h4,6-7,10-11,14H,5,8-9H2,1-3H3. The highest BCUT2D eigenvalue weighted by molar-refractivity contribution is 5.89. The van der Waals surface area contributed by atoms with E-state index in [1.165, 1.54) is 29.8 Å². The number of carbonyl (C=O) groups excluding carboxylic acids is 1. The van der Waals surface area contributed by atoms with Crippen molar-refractivity contribution in [2.24, 2.45) is 5.92 Å². The Bertz CT molecular complexity index is 602. The second kappa shape index (κ2) is 6.30. The second-order valence-electron chi connectivity index (χ2n) is 6.32. The molecule has 0 spiro atoms. The van der Waals surface area contributed by atoms with Crippen molar-refractivity contribution in [1.82, 2.24) is 0 Å². The number of nitrogens with zero attached hydrogens (tertiary/aromatic N) is 1. The summed E-state index contributed by atoms with van der Waals surface area (Å²) in [5.41, 5.74) is 1.12. The van der Waals surface area contributed by atoms with E-state index in [-0.39, 0.29) is 11.6 Å². The molecule has 0 amide bonds. The van der Waals surface area contributed by atoms with Crippen LogP contribution in [0, 0.1) is 16.0 Å². The van der Waals surface area contributed by atoms with Gasteiger partial charge >= 0.3 is 5.97 Å². The Hall–Kier alpha value is -2.17. The molecule has 0 bridgehead atoms. The first kappa shape index (κ1) is 16.2. The van der Waals surface area contributed by atoms with Crippen molar-refractivity contribution >= 4 is 11.7 Å². The van der Waals surface area contributed by atoms with Gasteiger partial charge in [0.25, 0.3) is 5.69 Å². The van der Waals surface area contributed by atoms with Gasteiger partial charge < -0.3 is 4.74 Å². The summed E-state index contributed by atoms with van der Waals surface area (Å²) in [7, 11) is 0. The van der Waals surface area contributed by atoms with Crippen molar-refractivity contribution in [1.29, 1.82) is 0 Å². The number of benzene rings is 1. The highest BCUT2D eigenvalue weighted by Gasteiger charge is 2.34. The Kier molecular flexibility index (Phi) is 4.64. The molecule has 0 fully saturated rings. The molecule has 5 heteroatoms. The van der Waals surface area contributed by atoms with Gasteiger partial charge in [-0.1, -0.05) is 11.6 Å². The third-order valence-electron chi connectivity index (χ3n) is 4.29. The SMILES string of the molecule is CC1=CCC(C(C)(C)OC(=O)c2ccc([N+](=O)[O-])cc2)CC1. The number of ether oxygens (including phenoxy) is 1. The van der Waals surface area contributed by atoms with Crippen LogP contribution in [0.2, 0.25) is 0 Å². The molecule has 1 aromatic rings. The van der Waals surface area contributed by atoms with Gasteiger partial charge in [0.05, 0.1) is 10.5 Å². The lowest BCUT2D eigenvalue weighted by Crippen LogP contribution is -2.37. The predicted octanol–water partition coefficient (Wildman–Crippen LogP) is 4.28. The Morgan fingerprint density at radius 1 is 1.32 bits per heavy atom. The predicted molar refractivity (Wildman–Crippen MR) is 83.7 cm³/mol. The summed E-state index contributed by atoms with van der Waals surface area (Å²) in [6.45, 7) is 5.97. The van der Waals surface area contributed by atoms with Crippen LogP contribution in [0.15, 0.2) is 35.9 Å². The summed E-state index contributed by atoms with van der Waals surface area (Å²) in [6.07, 6.45) is 5.15. The lowest BCUT2D eigenvalue weighted by molar-refractivity contribution is -0.384. The number of allylic oxidation sites excluding steroid dienone is 2. The lowest BCUT2D eigenvalue weighted by Gasteiger charge is -2.35. The number of non-ortho nitro benzene ring substituents is 1. The monoisotopic (exact) mass is 303 g/mol. The lowest BCUT2D eigenvalue weighted by atomic mass is 9.79. The van der Waals surface area contributed by atoms with Crippen molar-refractivity contribution in [3.8, 4) is 0 Å². The van der Waals surface area contributed by atoms with E-state index < -0.39 is 16.5 Å². The van der Waals surface area contributed by atoms with Crippen LogP contribution in [0.3, 0.4) is 0 Å². The van der Waals surface area contributed by atoms with Crippen LogP contribution in [-0.2, 0) is 4.74 Å². The zero-order valence-electron chi connectivity index (χ0n) is 13.2. The fourth-order valence-electron chi connectivity index (χ4n) is 2.70. The van der Waals surface area contributed by atoms with Gasteiger partial charge in [0, 0.05) is 18.1 Å². The molecule has 0 N–H and O–H groups in total. The molecule has 1 unspecified atom stereocenters. The molecule has 0 aliphatic heterocycles. The van der Waals surface area contributed by atoms with Crippen molar-refractivity contribution in [2.75, 3.05) is 0 Å². The molecule has 1 atom stereocenters. The van der Waals surface area contributed by atoms with Crippen LogP contribution in [-0.4, -0.2) is 16.5 Å². The first-order chi connectivity index (χ1) is 10.3. The van der Waals surface area contributed by atoms with E-state index >= 15 is 0 Å². The maximum atomic E-state index is 12.2. The van der Waals surface area contributed by atoms with Gasteiger partial charge in [0.2, 0.25) is 0 Å². The Morgan fingerprint density at radius 2 is 1.95 bits per heavy atom. The zero-order chi connectivity index (χ0) is 16.3. The third kappa shape index (κ3) is 3.72. The molecular formula is C17H21NO4. The van der Waals surface area contributed by atoms with Crippen LogP contribution in [0.4, 0.5) is 5.69 Å². The minimum absolute atomic E-state index is 0.0382. The van der Waals surface area contributed by atoms with Crippen molar-refractivity contribution in [2.45, 2.75) is 45.6 Å². The van der Waals surface area contributed by atoms with Gasteiger partial charge in [0.15, 0.2) is 0 Å². The van der Waals surface area contributed by atoms with E-state index in [1.54, 1.807) is 0 Å². The van der Waals surface area contributed by atoms with E-state index in [0.717, 1.165) is 19.3 Å². The molecule has 0 heterocycles. The van der Waals surface area contributed by atoms with E-state index in [0.29, 0.717) is 5.56 Å². The Labute approximate surface area is 130 Å². The quantitative estimate of drug-likeness (QED) is 0.360. The molecule has 0 saturated heterocycles. The van der Waals surface area contributed by atoms with Crippen LogP contribution < -0.4 is 0 Å². The maximum Gasteiger partial charge on any atom is 0.338 e. The number of nitro benzene ring substituents is 1. The number of nitro groups is 1. The largest absolute Gasteiger partial charge is 0.456 e. The smallest absolute Gasteiger partial charge is 0.338 e. The van der Waals surface area contributed by atoms with Crippen LogP contribution >= 0.6 is 0 Å². The van der Waals surface area contributed by atoms with Crippen molar-refractivity contribution in [3.63, 3.8) is 0 Å². The topological polar surface area (TPSA) is 69.4 Å². The fraction of sp³-hybridized carbons (Fsp3) is 0.471. The first-order valence-corrected chi connectivity index (χ1v) is 7.43. The number of esters is 1. The molecular weight excluding hydrogens is 282 g/mol. The summed E-state index contributed by atoms with van der Waals surface area (Å²) >= 11 is 0. The highest BCUT2D eigenvalue weighted by Crippen LogP contribution is 2.34. The molecule has 22 heavy (non-hydrogen) atoms. The summed E-state index contributed by atoms with van der Waals surface area (Å²) in [5.74, 6) is -0.149. The van der Waals surface area contributed by atoms with Crippen LogP contribution in [0.5, 0.6) is 0 Å². The summed E-state index contributed by atoms with van der Waals surface area (Å²) in [5, 5.41) is 10.6. The maximum absolute atomic E-state index is 12.2. The number of rotatable bonds is 4. The molecule has 1 aromatic carbocycles. The normalized spacial score (nSPS) is 18.5. The summed E-state index contributed by atoms with van der Waals surface area (Å²) in [4.78, 5) is 22.4. The van der Waals surface area contributed by atoms with Gasteiger partial charge in [-0.05, 0) is 52.2 Å². The Morgan fingerprint density at radius 3 is 2.45 bits per heavy atom. The molecule has 1 aliphatic rings. The van der Waals surface area contributed by atoms with E-state index in [4.69, 9.17) is 4.74 Å².